The van der Waals surface area contributed by atoms with E-state index in [1.165, 1.54) is 0 Å². The molecule has 0 aliphatic carbocycles. The van der Waals surface area contributed by atoms with E-state index in [2.05, 4.69) is 90.5 Å². The second-order valence-corrected chi connectivity index (χ2v) is 9.88. The van der Waals surface area contributed by atoms with Crippen LogP contribution in [0.4, 0.5) is 4.79 Å². The van der Waals surface area contributed by atoms with E-state index in [1.54, 1.807) is 21.6 Å². The Morgan fingerprint density at radius 3 is 1.50 bits per heavy atom. The maximum Gasteiger partial charge on any atom is 0.404 e. The van der Waals surface area contributed by atoms with Crippen LogP contribution in [0.2, 0.25) is 0 Å². The molecule has 0 aromatic heterocycles. The lowest BCUT2D eigenvalue weighted by atomic mass is 10.2. The molecule has 2 amide bonds. The minimum absolute atomic E-state index is 0.0673. The molecule has 0 heterocycles. The molecule has 0 fully saturated rings. The van der Waals surface area contributed by atoms with E-state index >= 15 is 0 Å². The zero-order valence-electron chi connectivity index (χ0n) is 20.5. The van der Waals surface area contributed by atoms with Gasteiger partial charge in [-0.15, -0.1) is 0 Å². The van der Waals surface area contributed by atoms with Gasteiger partial charge in [-0.2, -0.15) is 0 Å². The van der Waals surface area contributed by atoms with Crippen LogP contribution in [-0.2, 0) is 4.79 Å². The van der Waals surface area contributed by atoms with Crippen LogP contribution in [0.15, 0.2) is 72.9 Å². The lowest BCUT2D eigenvalue weighted by molar-refractivity contribution is -0.120. The largest absolute Gasteiger partial charge is 0.465 e. The van der Waals surface area contributed by atoms with Crippen molar-refractivity contribution in [2.24, 2.45) is 0 Å². The first-order valence-corrected chi connectivity index (χ1v) is 14.5. The van der Waals surface area contributed by atoms with Crippen LogP contribution in [0.3, 0.4) is 0 Å². The highest BCUT2D eigenvalue weighted by atomic mass is 33.1. The van der Waals surface area contributed by atoms with Crippen molar-refractivity contribution >= 4 is 33.6 Å². The molecule has 0 radical (unpaired) electrons. The number of carboxylic acid groups (broad SMARTS) is 1. The standard InChI is InChI=1S/C27H42N2O3S2/c1-2-3-4-5-6-7-8-9-10-11-12-13-14-15-16-17-18-19-20-21-26(30)28-22-24-33-34-25-23-29-27(31)32/h3-4,6-7,9-10,12-13,15-16,18-19,29H,2,5,8,11,14,17,20-25H2,1H3,(H,28,30)(H,31,32)/b4-3-,7-6-,10-9-,13-12-,16-15-,19-18-. The minimum atomic E-state index is -0.996. The van der Waals surface area contributed by atoms with Crippen molar-refractivity contribution in [1.82, 2.24) is 10.6 Å². The molecule has 0 aliphatic heterocycles. The first-order valence-electron chi connectivity index (χ1n) is 12.0. The summed E-state index contributed by atoms with van der Waals surface area (Å²) < 4.78 is 0. The fourth-order valence-corrected chi connectivity index (χ4v) is 4.31. The van der Waals surface area contributed by atoms with E-state index in [4.69, 9.17) is 5.11 Å². The van der Waals surface area contributed by atoms with Crippen LogP contribution in [-0.4, -0.2) is 41.7 Å². The van der Waals surface area contributed by atoms with E-state index < -0.39 is 6.09 Å². The summed E-state index contributed by atoms with van der Waals surface area (Å²) in [5.74, 6) is 1.59. The molecule has 0 bridgehead atoms. The fraction of sp³-hybridized carbons (Fsp3) is 0.481. The third-order valence-corrected chi connectivity index (χ3v) is 6.60. The molecule has 0 unspecified atom stereocenters. The van der Waals surface area contributed by atoms with Gasteiger partial charge in [0.05, 0.1) is 0 Å². The molecular weight excluding hydrogens is 464 g/mol. The summed E-state index contributed by atoms with van der Waals surface area (Å²) in [6, 6.07) is 0. The number of rotatable bonds is 21. The molecule has 7 heteroatoms. The van der Waals surface area contributed by atoms with Crippen LogP contribution < -0.4 is 10.6 Å². The van der Waals surface area contributed by atoms with Crippen molar-refractivity contribution in [2.45, 2.75) is 58.3 Å². The number of hydrogen-bond acceptors (Lipinski definition) is 4. The van der Waals surface area contributed by atoms with Crippen molar-refractivity contribution in [3.63, 3.8) is 0 Å². The molecule has 190 valence electrons. The van der Waals surface area contributed by atoms with Gasteiger partial charge in [-0.3, -0.25) is 4.79 Å². The molecule has 0 rings (SSSR count). The number of carbonyl (C=O) groups excluding carboxylic acids is 1. The molecule has 0 aromatic rings. The quantitative estimate of drug-likeness (QED) is 0.0869. The zero-order chi connectivity index (χ0) is 25.0. The third-order valence-electron chi connectivity index (χ3n) is 4.19. The van der Waals surface area contributed by atoms with Gasteiger partial charge in [0, 0.05) is 31.0 Å². The Kier molecular flexibility index (Phi) is 25.4. The molecule has 0 aliphatic rings. The highest BCUT2D eigenvalue weighted by molar-refractivity contribution is 8.76. The normalized spacial score (nSPS) is 12.4. The Labute approximate surface area is 214 Å². The summed E-state index contributed by atoms with van der Waals surface area (Å²) in [5, 5.41) is 13.7. The Morgan fingerprint density at radius 2 is 1.06 bits per heavy atom. The summed E-state index contributed by atoms with van der Waals surface area (Å²) in [6.07, 6.45) is 32.2. The third kappa shape index (κ3) is 27.9. The molecule has 0 aromatic carbocycles. The van der Waals surface area contributed by atoms with Crippen LogP contribution in [0.1, 0.15) is 58.3 Å². The predicted molar refractivity (Wildman–Crippen MR) is 151 cm³/mol. The average molecular weight is 507 g/mol. The number of carbonyl (C=O) groups is 2. The van der Waals surface area contributed by atoms with Crippen molar-refractivity contribution in [2.75, 3.05) is 24.6 Å². The van der Waals surface area contributed by atoms with Crippen molar-refractivity contribution in [1.29, 1.82) is 0 Å². The SMILES string of the molecule is CC/C=C\C/C=C\C/C=C\C/C=C\C/C=C\C/C=C\CCC(=O)NCCSSCCNC(=O)O. The molecule has 0 spiro atoms. The second kappa shape index (κ2) is 27.1. The monoisotopic (exact) mass is 506 g/mol. The Morgan fingerprint density at radius 1 is 0.647 bits per heavy atom. The van der Waals surface area contributed by atoms with Gasteiger partial charge < -0.3 is 15.7 Å². The average Bonchev–Trinajstić information content (AvgIpc) is 2.82. The van der Waals surface area contributed by atoms with Gasteiger partial charge in [-0.25, -0.2) is 4.79 Å². The maximum absolute atomic E-state index is 11.8. The second-order valence-electron chi connectivity index (χ2n) is 7.18. The lowest BCUT2D eigenvalue weighted by Crippen LogP contribution is -2.25. The van der Waals surface area contributed by atoms with Gasteiger partial charge in [0.15, 0.2) is 0 Å². The predicted octanol–water partition coefficient (Wildman–Crippen LogP) is 7.23. The molecular formula is C27H42N2O3S2. The Bertz CT molecular complexity index is 683. The summed E-state index contributed by atoms with van der Waals surface area (Å²) in [4.78, 5) is 22.1. The molecule has 0 atom stereocenters. The highest BCUT2D eigenvalue weighted by Crippen LogP contribution is 2.19. The van der Waals surface area contributed by atoms with E-state index in [0.29, 0.717) is 25.3 Å². The summed E-state index contributed by atoms with van der Waals surface area (Å²) in [6.45, 7) is 3.22. The van der Waals surface area contributed by atoms with Gasteiger partial charge >= 0.3 is 6.09 Å². The van der Waals surface area contributed by atoms with E-state index in [-0.39, 0.29) is 5.91 Å². The van der Waals surface area contributed by atoms with E-state index in [0.717, 1.165) is 50.7 Å². The highest BCUT2D eigenvalue weighted by Gasteiger charge is 1.99. The smallest absolute Gasteiger partial charge is 0.404 e. The van der Waals surface area contributed by atoms with Gasteiger partial charge in [-0.1, -0.05) is 101 Å². The summed E-state index contributed by atoms with van der Waals surface area (Å²) in [5.41, 5.74) is 0. The number of amides is 2. The van der Waals surface area contributed by atoms with Crippen LogP contribution in [0, 0.1) is 0 Å². The fourth-order valence-electron chi connectivity index (χ4n) is 2.49. The van der Waals surface area contributed by atoms with E-state index in [1.807, 2.05) is 0 Å². The lowest BCUT2D eigenvalue weighted by Gasteiger charge is -2.04. The van der Waals surface area contributed by atoms with Crippen molar-refractivity contribution in [3.8, 4) is 0 Å². The number of nitrogens with one attached hydrogen (secondary N) is 2. The van der Waals surface area contributed by atoms with Crippen LogP contribution in [0.25, 0.3) is 0 Å². The molecule has 34 heavy (non-hydrogen) atoms. The van der Waals surface area contributed by atoms with Gasteiger partial charge in [-0.05, 0) is 44.9 Å². The van der Waals surface area contributed by atoms with Gasteiger partial charge in [0.25, 0.3) is 0 Å². The molecule has 0 saturated heterocycles. The zero-order valence-corrected chi connectivity index (χ0v) is 22.1. The Balaban J connectivity index is 3.52. The number of allylic oxidation sites excluding steroid dienone is 12. The van der Waals surface area contributed by atoms with Crippen molar-refractivity contribution in [3.05, 3.63) is 72.9 Å². The van der Waals surface area contributed by atoms with E-state index in [9.17, 15) is 9.59 Å². The van der Waals surface area contributed by atoms with Crippen LogP contribution >= 0.6 is 21.6 Å². The Hall–Kier alpha value is -2.12. The first-order chi connectivity index (χ1) is 16.7. The van der Waals surface area contributed by atoms with Gasteiger partial charge in [0.2, 0.25) is 5.91 Å². The van der Waals surface area contributed by atoms with Gasteiger partial charge in [0.1, 0.15) is 0 Å². The number of hydrogen-bond donors (Lipinski definition) is 3. The minimum Gasteiger partial charge on any atom is -0.465 e. The van der Waals surface area contributed by atoms with Crippen LogP contribution in [0.5, 0.6) is 0 Å². The molecule has 5 nitrogen and oxygen atoms in total. The summed E-state index contributed by atoms with van der Waals surface area (Å²) >= 11 is 0. The summed E-state index contributed by atoms with van der Waals surface area (Å²) in [7, 11) is 3.23. The topological polar surface area (TPSA) is 78.4 Å². The van der Waals surface area contributed by atoms with Crippen molar-refractivity contribution < 1.29 is 14.7 Å². The molecule has 3 N–H and O–H groups in total. The maximum atomic E-state index is 11.8. The first kappa shape index (κ1) is 31.9. The molecule has 0 saturated carbocycles.